The predicted octanol–water partition coefficient (Wildman–Crippen LogP) is 8.08. The monoisotopic (exact) mass is 686 g/mol. The van der Waals surface area contributed by atoms with Gasteiger partial charge in [-0.15, -0.1) is 10.2 Å². The van der Waals surface area contributed by atoms with E-state index in [-0.39, 0.29) is 42.5 Å². The highest BCUT2D eigenvalue weighted by atomic mass is 19.4. The molecule has 3 N–H and O–H groups in total. The molecule has 1 aromatic carbocycles. The number of hydrazone groups is 1. The van der Waals surface area contributed by atoms with Crippen LogP contribution in [0, 0.1) is 5.41 Å². The smallest absolute Gasteiger partial charge is 0.416 e. The molecule has 0 aromatic heterocycles. The Kier molecular flexibility index (Phi) is 13.0. The first-order chi connectivity index (χ1) is 22.3. The number of carboxylic acid groups (broad SMARTS) is 1. The predicted molar refractivity (Wildman–Crippen MR) is 174 cm³/mol. The van der Waals surface area contributed by atoms with Gasteiger partial charge >= 0.3 is 18.3 Å². The Labute approximate surface area is 279 Å². The number of unbranched alkanes of at least 4 members (excludes halogenated alkanes) is 1. The summed E-state index contributed by atoms with van der Waals surface area (Å²) in [6, 6.07) is 1.64. The summed E-state index contributed by atoms with van der Waals surface area (Å²) < 4.78 is 82.4. The van der Waals surface area contributed by atoms with Crippen molar-refractivity contribution < 1.29 is 36.2 Å². The van der Waals surface area contributed by atoms with Crippen LogP contribution in [0.5, 0.6) is 0 Å². The second kappa shape index (κ2) is 16.1. The molecule has 0 unspecified atom stereocenters. The first kappa shape index (κ1) is 38.8. The van der Waals surface area contributed by atoms with Gasteiger partial charge in [-0.3, -0.25) is 10.2 Å². The minimum absolute atomic E-state index is 0.0851. The molecule has 1 aromatic rings. The first-order valence-corrected chi connectivity index (χ1v) is 16.3. The van der Waals surface area contributed by atoms with Gasteiger partial charge < -0.3 is 14.9 Å². The Hall–Kier alpha value is -3.68. The lowest BCUT2D eigenvalue weighted by atomic mass is 9.84. The lowest BCUT2D eigenvalue weighted by Crippen LogP contribution is -2.45. The van der Waals surface area contributed by atoms with Crippen molar-refractivity contribution in [1.82, 2.24) is 25.9 Å². The van der Waals surface area contributed by atoms with Gasteiger partial charge in [-0.1, -0.05) is 56.9 Å². The van der Waals surface area contributed by atoms with Gasteiger partial charge in [0.25, 0.3) is 0 Å². The summed E-state index contributed by atoms with van der Waals surface area (Å²) in [6.45, 7) is 11.3. The number of allylic oxidation sites excluding steroid dienone is 4. The average Bonchev–Trinajstić information content (AvgIpc) is 3.34. The van der Waals surface area contributed by atoms with Gasteiger partial charge in [0.15, 0.2) is 0 Å². The molecular formula is C34H48F6N6O2. The van der Waals surface area contributed by atoms with Crippen LogP contribution >= 0.6 is 0 Å². The fourth-order valence-electron chi connectivity index (χ4n) is 6.07. The molecule has 48 heavy (non-hydrogen) atoms. The van der Waals surface area contributed by atoms with Gasteiger partial charge in [0, 0.05) is 38.9 Å². The first-order valence-electron chi connectivity index (χ1n) is 16.3. The maximum Gasteiger partial charge on any atom is 0.416 e. The van der Waals surface area contributed by atoms with Crippen molar-refractivity contribution in [3.05, 3.63) is 69.5 Å². The molecule has 0 radical (unpaired) electrons. The zero-order valence-corrected chi connectivity index (χ0v) is 28.6. The zero-order chi connectivity index (χ0) is 35.9. The average molecular weight is 687 g/mol. The summed E-state index contributed by atoms with van der Waals surface area (Å²) in [7, 11) is 1.64. The van der Waals surface area contributed by atoms with Crippen molar-refractivity contribution in [3.8, 4) is 0 Å². The van der Waals surface area contributed by atoms with Crippen molar-refractivity contribution in [2.24, 2.45) is 10.5 Å². The maximum atomic E-state index is 13.7. The molecule has 0 saturated carbocycles. The van der Waals surface area contributed by atoms with E-state index in [1.54, 1.807) is 11.9 Å². The Morgan fingerprint density at radius 2 is 1.65 bits per heavy atom. The van der Waals surface area contributed by atoms with E-state index in [4.69, 9.17) is 0 Å². The van der Waals surface area contributed by atoms with E-state index in [2.05, 4.69) is 40.0 Å². The van der Waals surface area contributed by atoms with E-state index in [0.717, 1.165) is 61.1 Å². The van der Waals surface area contributed by atoms with Crippen LogP contribution in [0.15, 0.2) is 57.9 Å². The number of likely N-dealkylation sites (N-methyl/N-ethyl adjacent to an activating group) is 1. The molecule has 1 heterocycles. The molecule has 268 valence electrons. The van der Waals surface area contributed by atoms with Crippen LogP contribution < -0.4 is 11.0 Å². The van der Waals surface area contributed by atoms with Gasteiger partial charge in [-0.25, -0.2) is 5.53 Å². The molecule has 3 rings (SSSR count). The molecule has 8 nitrogen and oxygen atoms in total. The fraction of sp³-hybridized carbons (Fsp3) is 0.588. The molecular weight excluding hydrogens is 638 g/mol. The number of hydrazine groups is 2. The second-order valence-electron chi connectivity index (χ2n) is 13.2. The summed E-state index contributed by atoms with van der Waals surface area (Å²) in [5.74, 6) is -0.585. The highest BCUT2D eigenvalue weighted by Crippen LogP contribution is 2.37. The number of carboxylic acids is 1. The van der Waals surface area contributed by atoms with Gasteiger partial charge in [0.05, 0.1) is 17.5 Å². The molecule has 1 aliphatic carbocycles. The normalized spacial score (nSPS) is 16.1. The third kappa shape index (κ3) is 11.2. The quantitative estimate of drug-likeness (QED) is 0.127. The Bertz CT molecular complexity index is 1380. The largest absolute Gasteiger partial charge is 0.481 e. The SMILES string of the molecule is CCCC1=C(C)C=C(CN(Cc2cc(C(F)(F)F)cc(C(F)(F)F)c2)C2=NNN(C)N2)C(N(CC)CCCCC(C)(C)CC(=O)O)=CC1. The number of rotatable bonds is 15. The number of carbonyl (C=O) groups is 1. The van der Waals surface area contributed by atoms with Crippen molar-refractivity contribution in [2.75, 3.05) is 26.7 Å². The fourth-order valence-corrected chi connectivity index (χ4v) is 6.07. The highest BCUT2D eigenvalue weighted by Gasteiger charge is 2.37. The van der Waals surface area contributed by atoms with E-state index in [1.807, 2.05) is 27.7 Å². The number of alkyl halides is 6. The highest BCUT2D eigenvalue weighted by molar-refractivity contribution is 5.80. The van der Waals surface area contributed by atoms with E-state index in [0.29, 0.717) is 19.5 Å². The summed E-state index contributed by atoms with van der Waals surface area (Å²) in [5, 5.41) is 14.9. The number of benzene rings is 1. The molecule has 2 aliphatic rings. The molecule has 0 fully saturated rings. The standard InChI is InChI=1S/C34H48F6N6O2/c1-7-11-25-12-13-29(45(8-2)15-10-9-14-32(4,5)20-30(47)48)26(16-23(25)3)22-46(31-41-43-44(6)42-31)21-24-17-27(33(35,36)37)19-28(18-24)34(38,39)40/h13,16-19,43H,7-12,14-15,20-22H2,1-6H3,(H,41,42)(H,47,48). The third-order valence-corrected chi connectivity index (χ3v) is 8.51. The van der Waals surface area contributed by atoms with Gasteiger partial charge in [-0.2, -0.15) is 26.3 Å². The van der Waals surface area contributed by atoms with E-state index >= 15 is 0 Å². The van der Waals surface area contributed by atoms with Crippen LogP contribution in [0.4, 0.5) is 26.3 Å². The van der Waals surface area contributed by atoms with Crippen LogP contribution in [0.1, 0.15) is 96.3 Å². The molecule has 0 atom stereocenters. The summed E-state index contributed by atoms with van der Waals surface area (Å²) in [6.07, 6.45) is -0.691. The molecule has 0 amide bonds. The van der Waals surface area contributed by atoms with Gasteiger partial charge in [-0.05, 0) is 74.3 Å². The van der Waals surface area contributed by atoms with E-state index in [9.17, 15) is 36.2 Å². The second-order valence-corrected chi connectivity index (χ2v) is 13.2. The topological polar surface area (TPSA) is 83.4 Å². The summed E-state index contributed by atoms with van der Waals surface area (Å²) >= 11 is 0. The lowest BCUT2D eigenvalue weighted by Gasteiger charge is -2.32. The number of hydrogen-bond acceptors (Lipinski definition) is 7. The van der Waals surface area contributed by atoms with Crippen molar-refractivity contribution in [1.29, 1.82) is 0 Å². The third-order valence-electron chi connectivity index (χ3n) is 8.51. The Morgan fingerprint density at radius 1 is 1.00 bits per heavy atom. The van der Waals surface area contributed by atoms with Crippen molar-refractivity contribution in [3.63, 3.8) is 0 Å². The van der Waals surface area contributed by atoms with Gasteiger partial charge in [0.2, 0.25) is 5.96 Å². The van der Waals surface area contributed by atoms with Crippen LogP contribution in [0.25, 0.3) is 0 Å². The van der Waals surface area contributed by atoms with Crippen molar-refractivity contribution >= 4 is 11.9 Å². The number of guanidine groups is 1. The summed E-state index contributed by atoms with van der Waals surface area (Å²) in [5.41, 5.74) is 6.57. The maximum absolute atomic E-state index is 13.7. The minimum Gasteiger partial charge on any atom is -0.481 e. The zero-order valence-electron chi connectivity index (χ0n) is 28.6. The van der Waals surface area contributed by atoms with Crippen LogP contribution in [-0.2, 0) is 23.7 Å². The number of nitrogens with zero attached hydrogens (tertiary/aromatic N) is 4. The molecule has 0 saturated heterocycles. The molecule has 14 heteroatoms. The number of halogens is 6. The Balaban J connectivity index is 1.99. The van der Waals surface area contributed by atoms with Gasteiger partial charge in [0.1, 0.15) is 0 Å². The minimum atomic E-state index is -4.96. The van der Waals surface area contributed by atoms with Crippen LogP contribution in [0.3, 0.4) is 0 Å². The number of nitrogens with one attached hydrogen (secondary N) is 2. The van der Waals surface area contributed by atoms with Crippen molar-refractivity contribution in [2.45, 2.75) is 98.5 Å². The molecule has 0 bridgehead atoms. The number of hydrogen-bond donors (Lipinski definition) is 3. The van der Waals surface area contributed by atoms with E-state index < -0.39 is 29.4 Å². The van der Waals surface area contributed by atoms with Crippen LogP contribution in [-0.4, -0.2) is 58.6 Å². The van der Waals surface area contributed by atoms with E-state index in [1.165, 1.54) is 10.7 Å². The van der Waals surface area contributed by atoms with Crippen LogP contribution in [0.2, 0.25) is 0 Å². The Morgan fingerprint density at radius 3 is 2.17 bits per heavy atom. The molecule has 1 aliphatic heterocycles. The lowest BCUT2D eigenvalue weighted by molar-refractivity contribution is -0.143. The number of aliphatic carboxylic acids is 1. The summed E-state index contributed by atoms with van der Waals surface area (Å²) in [4.78, 5) is 15.1. The molecule has 0 spiro atoms.